The molecule has 1 fully saturated rings. The molecule has 0 aliphatic carbocycles. The highest BCUT2D eigenvalue weighted by atomic mass is 28.3. The van der Waals surface area contributed by atoms with Gasteiger partial charge in [0.15, 0.2) is 0 Å². The second-order valence-corrected chi connectivity index (χ2v) is 13.7. The molecule has 2 atom stereocenters. The topological polar surface area (TPSA) is 3.24 Å². The summed E-state index contributed by atoms with van der Waals surface area (Å²) in [7, 11) is -0.684. The lowest BCUT2D eigenvalue weighted by Crippen LogP contribution is -2.36. The maximum Gasteiger partial charge on any atom is 0.0954 e. The zero-order valence-electron chi connectivity index (χ0n) is 10.6. The van der Waals surface area contributed by atoms with Gasteiger partial charge in [0.25, 0.3) is 0 Å². The van der Waals surface area contributed by atoms with E-state index in [0.717, 1.165) is 12.1 Å². The van der Waals surface area contributed by atoms with E-state index in [1.54, 1.807) is 12.1 Å². The molecule has 3 heteroatoms. The van der Waals surface area contributed by atoms with Crippen molar-refractivity contribution in [1.82, 2.24) is 4.57 Å². The van der Waals surface area contributed by atoms with Crippen LogP contribution in [0.3, 0.4) is 0 Å². The summed E-state index contributed by atoms with van der Waals surface area (Å²) in [6.45, 7) is 12.3. The van der Waals surface area contributed by atoms with E-state index in [1.165, 1.54) is 12.8 Å². The molecule has 1 heterocycles. The maximum absolute atomic E-state index is 2.85. The highest BCUT2D eigenvalue weighted by molar-refractivity contribution is 6.76. The van der Waals surface area contributed by atoms with E-state index in [-0.39, 0.29) is 9.68 Å². The minimum Gasteiger partial charge on any atom is -0.324 e. The first kappa shape index (κ1) is 12.5. The van der Waals surface area contributed by atoms with Crippen LogP contribution in [0.5, 0.6) is 0 Å². The zero-order valence-corrected chi connectivity index (χ0v) is 13.1. The number of rotatable bonds is 4. The molecule has 14 heavy (non-hydrogen) atoms. The van der Waals surface area contributed by atoms with Gasteiger partial charge in [-0.15, -0.1) is 0 Å². The molecule has 0 aromatic carbocycles. The summed E-state index contributed by atoms with van der Waals surface area (Å²) in [6.07, 6.45) is 2.89. The molecule has 0 bridgehead atoms. The Morgan fingerprint density at radius 2 is 1.64 bits per heavy atom. The van der Waals surface area contributed by atoms with Crippen LogP contribution in [0.2, 0.25) is 31.7 Å². The molecule has 1 rings (SSSR count). The lowest BCUT2D eigenvalue weighted by Gasteiger charge is -2.27. The highest BCUT2D eigenvalue weighted by Gasteiger charge is 2.26. The largest absolute Gasteiger partial charge is 0.324 e. The molecule has 1 aliphatic heterocycles. The molecule has 0 radical (unpaired) electrons. The van der Waals surface area contributed by atoms with Crippen LogP contribution in [0.1, 0.15) is 26.7 Å². The standard InChI is InChI=1S/C11H27NSi2/c1-10-6-7-11(2)12(10)13-8-9-14(3,4)5/h10-11H,6-9,13H2,1-5H3. The normalized spacial score (nSPS) is 30.6. The van der Waals surface area contributed by atoms with Crippen molar-refractivity contribution in [3.63, 3.8) is 0 Å². The Morgan fingerprint density at radius 1 is 1.14 bits per heavy atom. The minimum absolute atomic E-state index is 0.0811. The monoisotopic (exact) mass is 229 g/mol. The van der Waals surface area contributed by atoms with Gasteiger partial charge in [0.05, 0.1) is 9.68 Å². The summed E-state index contributed by atoms with van der Waals surface area (Å²) in [4.78, 5) is 0. The van der Waals surface area contributed by atoms with Gasteiger partial charge in [0, 0.05) is 20.2 Å². The lowest BCUT2D eigenvalue weighted by molar-refractivity contribution is 0.367. The molecule has 1 aliphatic rings. The molecule has 1 saturated heterocycles. The second kappa shape index (κ2) is 4.95. The Hall–Kier alpha value is 0.394. The van der Waals surface area contributed by atoms with Crippen molar-refractivity contribution in [2.75, 3.05) is 0 Å². The second-order valence-electron chi connectivity index (χ2n) is 6.18. The Kier molecular flexibility index (Phi) is 4.40. The van der Waals surface area contributed by atoms with E-state index < -0.39 is 8.07 Å². The Bertz CT molecular complexity index is 167. The lowest BCUT2D eigenvalue weighted by atomic mass is 10.2. The number of hydrogen-bond acceptors (Lipinski definition) is 1. The first-order chi connectivity index (χ1) is 6.40. The summed E-state index contributed by atoms with van der Waals surface area (Å²) in [5.41, 5.74) is 0. The van der Waals surface area contributed by atoms with Gasteiger partial charge in [-0.25, -0.2) is 0 Å². The van der Waals surface area contributed by atoms with Crippen molar-refractivity contribution in [2.45, 2.75) is 70.5 Å². The van der Waals surface area contributed by atoms with Crippen LogP contribution < -0.4 is 0 Å². The fourth-order valence-electron chi connectivity index (χ4n) is 2.48. The van der Waals surface area contributed by atoms with E-state index in [0.29, 0.717) is 0 Å². The van der Waals surface area contributed by atoms with Crippen molar-refractivity contribution < 1.29 is 0 Å². The molecule has 0 N–H and O–H groups in total. The summed E-state index contributed by atoms with van der Waals surface area (Å²) >= 11 is 0. The zero-order chi connectivity index (χ0) is 10.8. The molecule has 2 unspecified atom stereocenters. The molecule has 0 aromatic heterocycles. The molecule has 1 nitrogen and oxygen atoms in total. The number of nitrogens with zero attached hydrogens (tertiary/aromatic N) is 1. The Balaban J connectivity index is 2.24. The van der Waals surface area contributed by atoms with Gasteiger partial charge in [-0.1, -0.05) is 45.6 Å². The quantitative estimate of drug-likeness (QED) is 0.670. The van der Waals surface area contributed by atoms with Gasteiger partial charge in [-0.05, 0) is 12.8 Å². The summed E-state index contributed by atoms with van der Waals surface area (Å²) in [5, 5.41) is 0. The van der Waals surface area contributed by atoms with E-state index in [4.69, 9.17) is 0 Å². The maximum atomic E-state index is 2.85. The van der Waals surface area contributed by atoms with Crippen LogP contribution in [-0.2, 0) is 0 Å². The summed E-state index contributed by atoms with van der Waals surface area (Å²) < 4.78 is 2.85. The Morgan fingerprint density at radius 3 is 2.07 bits per heavy atom. The molecular formula is C11H27NSi2. The fraction of sp³-hybridized carbons (Fsp3) is 1.00. The van der Waals surface area contributed by atoms with Crippen LogP contribution in [0.25, 0.3) is 0 Å². The van der Waals surface area contributed by atoms with Gasteiger partial charge >= 0.3 is 0 Å². The van der Waals surface area contributed by atoms with Crippen LogP contribution in [-0.4, -0.2) is 34.4 Å². The summed E-state index contributed by atoms with van der Waals surface area (Å²) in [5.74, 6) is 0. The van der Waals surface area contributed by atoms with E-state index in [1.807, 2.05) is 0 Å². The van der Waals surface area contributed by atoms with Gasteiger partial charge in [-0.3, -0.25) is 0 Å². The van der Waals surface area contributed by atoms with Gasteiger partial charge in [0.1, 0.15) is 0 Å². The first-order valence-corrected chi connectivity index (χ1v) is 11.5. The van der Waals surface area contributed by atoms with Gasteiger partial charge < -0.3 is 4.57 Å². The third-order valence-electron chi connectivity index (χ3n) is 3.48. The van der Waals surface area contributed by atoms with Crippen LogP contribution in [0, 0.1) is 0 Å². The average Bonchev–Trinajstić information content (AvgIpc) is 2.33. The van der Waals surface area contributed by atoms with Crippen molar-refractivity contribution in [2.24, 2.45) is 0 Å². The SMILES string of the molecule is CC1CCC(C)N1[SiH2]CC[Si](C)(C)C. The molecule has 0 saturated carbocycles. The summed E-state index contributed by atoms with van der Waals surface area (Å²) in [6, 6.07) is 4.91. The van der Waals surface area contributed by atoms with Crippen molar-refractivity contribution in [1.29, 1.82) is 0 Å². The average molecular weight is 230 g/mol. The third kappa shape index (κ3) is 3.87. The van der Waals surface area contributed by atoms with Crippen LogP contribution in [0.15, 0.2) is 0 Å². The van der Waals surface area contributed by atoms with Crippen molar-refractivity contribution >= 4 is 17.8 Å². The van der Waals surface area contributed by atoms with E-state index in [2.05, 4.69) is 38.1 Å². The van der Waals surface area contributed by atoms with Crippen molar-refractivity contribution in [3.05, 3.63) is 0 Å². The molecule has 0 spiro atoms. The predicted octanol–water partition coefficient (Wildman–Crippen LogP) is 2.70. The molecular weight excluding hydrogens is 202 g/mol. The third-order valence-corrected chi connectivity index (χ3v) is 8.47. The minimum atomic E-state index is -0.765. The highest BCUT2D eigenvalue weighted by Crippen LogP contribution is 2.23. The van der Waals surface area contributed by atoms with Crippen LogP contribution >= 0.6 is 0 Å². The smallest absolute Gasteiger partial charge is 0.0954 e. The van der Waals surface area contributed by atoms with Gasteiger partial charge in [0.2, 0.25) is 0 Å². The predicted molar refractivity (Wildman–Crippen MR) is 71.5 cm³/mol. The molecule has 0 amide bonds. The Labute approximate surface area is 93.2 Å². The first-order valence-electron chi connectivity index (χ1n) is 6.16. The molecule has 84 valence electrons. The van der Waals surface area contributed by atoms with Gasteiger partial charge in [-0.2, -0.15) is 0 Å². The van der Waals surface area contributed by atoms with Crippen molar-refractivity contribution in [3.8, 4) is 0 Å². The van der Waals surface area contributed by atoms with E-state index >= 15 is 0 Å². The number of hydrogen-bond donors (Lipinski definition) is 0. The van der Waals surface area contributed by atoms with Crippen LogP contribution in [0.4, 0.5) is 0 Å². The fourth-order valence-corrected chi connectivity index (χ4v) is 8.97. The van der Waals surface area contributed by atoms with E-state index in [9.17, 15) is 0 Å². The molecule has 0 aromatic rings.